The molecule has 0 saturated carbocycles. The van der Waals surface area contributed by atoms with Crippen molar-refractivity contribution in [2.45, 2.75) is 84.6 Å². The van der Waals surface area contributed by atoms with Crippen LogP contribution in [0.3, 0.4) is 0 Å². The third-order valence-electron chi connectivity index (χ3n) is 9.22. The molecule has 0 bridgehead atoms. The Morgan fingerprint density at radius 3 is 2.44 bits per heavy atom. The molecule has 6 heteroatoms. The summed E-state index contributed by atoms with van der Waals surface area (Å²) in [7, 11) is 2.08. The van der Waals surface area contributed by atoms with E-state index in [1.807, 2.05) is 29.2 Å². The Hall–Kier alpha value is -3.38. The van der Waals surface area contributed by atoms with Crippen molar-refractivity contribution in [2.75, 3.05) is 31.7 Å². The molecule has 2 heterocycles. The summed E-state index contributed by atoms with van der Waals surface area (Å²) in [6, 6.07) is 5.61. The fourth-order valence-corrected chi connectivity index (χ4v) is 6.87. The minimum atomic E-state index is -0.873. The molecule has 1 N–H and O–H groups in total. The van der Waals surface area contributed by atoms with Gasteiger partial charge in [-0.1, -0.05) is 96.4 Å². The number of benzene rings is 1. The lowest BCUT2D eigenvalue weighted by Gasteiger charge is -2.40. The van der Waals surface area contributed by atoms with Gasteiger partial charge in [0.2, 0.25) is 5.91 Å². The zero-order valence-corrected chi connectivity index (χ0v) is 27.2. The van der Waals surface area contributed by atoms with Gasteiger partial charge in [0.15, 0.2) is 0 Å². The van der Waals surface area contributed by atoms with Crippen LogP contribution in [-0.2, 0) is 9.53 Å². The zero-order chi connectivity index (χ0) is 31.8. The van der Waals surface area contributed by atoms with Crippen LogP contribution in [0.5, 0.6) is 0 Å². The van der Waals surface area contributed by atoms with Crippen molar-refractivity contribution in [1.82, 2.24) is 4.90 Å². The molecule has 234 valence electrons. The number of nitrogens with zero attached hydrogens (tertiary/aromatic N) is 2. The van der Waals surface area contributed by atoms with Gasteiger partial charge in [-0.3, -0.25) is 4.79 Å². The Morgan fingerprint density at radius 2 is 1.88 bits per heavy atom. The van der Waals surface area contributed by atoms with Crippen molar-refractivity contribution < 1.29 is 19.4 Å². The van der Waals surface area contributed by atoms with Crippen LogP contribution >= 0.6 is 0 Å². The number of fused-ring (bicyclic) bond motifs is 1. The molecular weight excluding hydrogens is 536 g/mol. The lowest BCUT2D eigenvalue weighted by molar-refractivity contribution is -0.125. The summed E-state index contributed by atoms with van der Waals surface area (Å²) in [5.74, 6) is 0.295. The van der Waals surface area contributed by atoms with Crippen LogP contribution in [0.2, 0.25) is 0 Å². The maximum Gasteiger partial charge on any atom is 0.335 e. The summed E-state index contributed by atoms with van der Waals surface area (Å²) in [5.41, 5.74) is 4.72. The van der Waals surface area contributed by atoms with Crippen LogP contribution in [0.4, 0.5) is 5.69 Å². The van der Waals surface area contributed by atoms with E-state index in [4.69, 9.17) is 4.74 Å². The first-order valence-electron chi connectivity index (χ1n) is 15.8. The second-order valence-corrected chi connectivity index (χ2v) is 12.7. The number of carboxylic acid groups (broad SMARTS) is 1. The van der Waals surface area contributed by atoms with Gasteiger partial charge in [-0.25, -0.2) is 4.79 Å². The van der Waals surface area contributed by atoms with Crippen molar-refractivity contribution in [1.29, 1.82) is 0 Å². The minimum Gasteiger partial charge on any atom is -0.478 e. The quantitative estimate of drug-likeness (QED) is 0.143. The first kappa shape index (κ1) is 34.1. The molecule has 6 nitrogen and oxygen atoms in total. The van der Waals surface area contributed by atoms with Crippen LogP contribution in [0.15, 0.2) is 79.1 Å². The lowest BCUT2D eigenvalue weighted by Crippen LogP contribution is -2.44. The predicted octanol–water partition coefficient (Wildman–Crippen LogP) is 8.30. The van der Waals surface area contributed by atoms with Crippen LogP contribution in [0, 0.1) is 11.3 Å². The van der Waals surface area contributed by atoms with Crippen molar-refractivity contribution in [3.63, 3.8) is 0 Å². The van der Waals surface area contributed by atoms with E-state index >= 15 is 0 Å². The van der Waals surface area contributed by atoms with E-state index in [1.165, 1.54) is 24.0 Å². The van der Waals surface area contributed by atoms with Gasteiger partial charge in [0, 0.05) is 42.7 Å². The van der Waals surface area contributed by atoms with E-state index in [0.717, 1.165) is 37.2 Å². The highest BCUT2D eigenvalue weighted by atomic mass is 16.5. The van der Waals surface area contributed by atoms with Gasteiger partial charge in [0.25, 0.3) is 0 Å². The Kier molecular flexibility index (Phi) is 11.8. The summed E-state index contributed by atoms with van der Waals surface area (Å²) < 4.78 is 5.52. The number of likely N-dealkylation sites (tertiary alicyclic amines) is 1. The first-order valence-corrected chi connectivity index (χ1v) is 15.8. The average Bonchev–Trinajstić information content (AvgIpc) is 3.59. The molecule has 1 aromatic carbocycles. The van der Waals surface area contributed by atoms with Gasteiger partial charge in [-0.15, -0.1) is 6.58 Å². The molecule has 1 saturated heterocycles. The largest absolute Gasteiger partial charge is 0.478 e. The third kappa shape index (κ3) is 7.59. The Balaban J connectivity index is 0.000000248. The molecular formula is C37H52N2O4. The minimum absolute atomic E-state index is 0.0284. The van der Waals surface area contributed by atoms with Gasteiger partial charge < -0.3 is 19.6 Å². The number of hydrogen-bond donors (Lipinski definition) is 1. The number of ether oxygens (including phenoxy) is 1. The van der Waals surface area contributed by atoms with Gasteiger partial charge in [-0.05, 0) is 48.6 Å². The number of carbonyl (C=O) groups is 2. The normalized spacial score (nSPS) is 22.4. The smallest absolute Gasteiger partial charge is 0.335 e. The summed E-state index contributed by atoms with van der Waals surface area (Å²) in [5, 5.41) is 9.37. The summed E-state index contributed by atoms with van der Waals surface area (Å²) in [6.07, 6.45) is 18.4. The molecule has 1 fully saturated rings. The maximum absolute atomic E-state index is 11.8. The van der Waals surface area contributed by atoms with Crippen LogP contribution in [0.25, 0.3) is 0 Å². The molecule has 0 radical (unpaired) electrons. The number of likely N-dealkylation sites (N-methyl/N-ethyl adjacent to an activating group) is 1. The molecule has 4 rings (SSSR count). The third-order valence-corrected chi connectivity index (χ3v) is 9.22. The zero-order valence-electron chi connectivity index (χ0n) is 27.2. The molecule has 1 amide bonds. The molecule has 3 aliphatic rings. The molecule has 1 aliphatic carbocycles. The van der Waals surface area contributed by atoms with E-state index in [-0.39, 0.29) is 16.9 Å². The number of rotatable bonds is 13. The van der Waals surface area contributed by atoms with Gasteiger partial charge in [0.05, 0.1) is 24.3 Å². The van der Waals surface area contributed by atoms with Crippen molar-refractivity contribution in [3.8, 4) is 0 Å². The second kappa shape index (κ2) is 14.9. The standard InChI is InChI=1S/C22H31NO2.C15H21NO2/c1-6-9-14-22(4)20(16(10-7-2)11-8-3)18-13-12-17(21(24)25)15-19(18)23(22)5;1-4-8-18-11-12-9-13(10-15(12,2)3)16-7-5-6-14(16)17/h6,9,12-16,20H,1,7-8,10-11H2,2-5H3,(H,24,25);4,9-10H,1,5-8,11H2,2-3H3/b14-9+;. The SMILES string of the molecule is C=C/C=C/C1(C)C(C(CCC)CCC)c2ccc(C(=O)O)cc2N1C.C=CCOCC1=CC(N2CCCC2=O)=CC1(C)C. The van der Waals surface area contributed by atoms with E-state index in [9.17, 15) is 14.7 Å². The topological polar surface area (TPSA) is 70.1 Å². The van der Waals surface area contributed by atoms with Crippen LogP contribution < -0.4 is 4.90 Å². The summed E-state index contributed by atoms with van der Waals surface area (Å²) in [6.45, 7) is 20.5. The van der Waals surface area contributed by atoms with Crippen molar-refractivity contribution in [3.05, 3.63) is 90.2 Å². The Labute approximate surface area is 259 Å². The molecule has 2 unspecified atom stereocenters. The van der Waals surface area contributed by atoms with Crippen LogP contribution in [-0.4, -0.2) is 54.2 Å². The van der Waals surface area contributed by atoms with Crippen LogP contribution in [0.1, 0.15) is 95.0 Å². The number of carbonyl (C=O) groups excluding carboxylic acids is 1. The maximum atomic E-state index is 11.8. The average molecular weight is 589 g/mol. The number of carboxylic acids is 1. The Morgan fingerprint density at radius 1 is 1.19 bits per heavy atom. The number of hydrogen-bond acceptors (Lipinski definition) is 4. The van der Waals surface area contributed by atoms with Gasteiger partial charge >= 0.3 is 5.97 Å². The number of anilines is 1. The predicted molar refractivity (Wildman–Crippen MR) is 178 cm³/mol. The fourth-order valence-electron chi connectivity index (χ4n) is 6.87. The van der Waals surface area contributed by atoms with E-state index in [2.05, 4.69) is 78.0 Å². The van der Waals surface area contributed by atoms with E-state index in [0.29, 0.717) is 37.0 Å². The van der Waals surface area contributed by atoms with Crippen molar-refractivity contribution >= 4 is 17.6 Å². The summed E-state index contributed by atoms with van der Waals surface area (Å²) >= 11 is 0. The number of aromatic carboxylic acids is 1. The van der Waals surface area contributed by atoms with Gasteiger partial charge in [0.1, 0.15) is 0 Å². The Bertz CT molecular complexity index is 1270. The number of allylic oxidation sites excluding steroid dienone is 4. The van der Waals surface area contributed by atoms with Crippen molar-refractivity contribution in [2.24, 2.45) is 11.3 Å². The van der Waals surface area contributed by atoms with Gasteiger partial charge in [-0.2, -0.15) is 0 Å². The highest BCUT2D eigenvalue weighted by Gasteiger charge is 2.47. The molecule has 2 atom stereocenters. The first-order chi connectivity index (χ1) is 20.4. The molecule has 0 spiro atoms. The summed E-state index contributed by atoms with van der Waals surface area (Å²) in [4.78, 5) is 27.3. The second-order valence-electron chi connectivity index (χ2n) is 12.7. The molecule has 2 aliphatic heterocycles. The molecule has 43 heavy (non-hydrogen) atoms. The molecule has 0 aromatic heterocycles. The molecule has 1 aromatic rings. The highest BCUT2D eigenvalue weighted by molar-refractivity contribution is 5.90. The van der Waals surface area contributed by atoms with E-state index < -0.39 is 5.97 Å². The lowest BCUT2D eigenvalue weighted by atomic mass is 9.71. The monoisotopic (exact) mass is 588 g/mol. The number of amides is 1. The van der Waals surface area contributed by atoms with E-state index in [1.54, 1.807) is 12.1 Å². The fraction of sp³-hybridized carbons (Fsp3) is 0.514. The highest BCUT2D eigenvalue weighted by Crippen LogP contribution is 2.53.